The second-order valence-corrected chi connectivity index (χ2v) is 7.43. The van der Waals surface area contributed by atoms with Gasteiger partial charge in [0.25, 0.3) is 0 Å². The van der Waals surface area contributed by atoms with Crippen LogP contribution in [0, 0.1) is 0 Å². The van der Waals surface area contributed by atoms with Crippen LogP contribution in [0.1, 0.15) is 13.3 Å². The number of thioether (sulfide) groups is 1. The third kappa shape index (κ3) is 3.63. The molecule has 1 atom stereocenters. The highest BCUT2D eigenvalue weighted by Crippen LogP contribution is 2.32. The molecule has 0 saturated heterocycles. The molecule has 28 heavy (non-hydrogen) atoms. The number of para-hydroxylation sites is 3. The summed E-state index contributed by atoms with van der Waals surface area (Å²) in [6.07, 6.45) is 1.89. The minimum absolute atomic E-state index is 0.0796. The lowest BCUT2D eigenvalue weighted by Gasteiger charge is -2.27. The number of hydrogen-bond acceptors (Lipinski definition) is 5. The van der Waals surface area contributed by atoms with E-state index in [0.717, 1.165) is 11.4 Å². The van der Waals surface area contributed by atoms with Crippen molar-refractivity contribution in [1.29, 1.82) is 0 Å². The predicted octanol–water partition coefficient (Wildman–Crippen LogP) is 3.12. The number of anilines is 2. The van der Waals surface area contributed by atoms with Gasteiger partial charge in [0.05, 0.1) is 17.1 Å². The number of hydrogen-bond donors (Lipinski definition) is 1. The molecule has 1 aliphatic rings. The summed E-state index contributed by atoms with van der Waals surface area (Å²) in [5, 5.41) is 11.6. The molecular formula is C20H19N5O2S. The third-order valence-electron chi connectivity index (χ3n) is 4.50. The number of nitrogens with one attached hydrogen (secondary N) is 1. The summed E-state index contributed by atoms with van der Waals surface area (Å²) < 4.78 is 1.85. The molecule has 142 valence electrons. The molecule has 8 heteroatoms. The van der Waals surface area contributed by atoms with E-state index in [2.05, 4.69) is 15.5 Å². The van der Waals surface area contributed by atoms with Crippen LogP contribution in [0.2, 0.25) is 0 Å². The highest BCUT2D eigenvalue weighted by molar-refractivity contribution is 7.99. The summed E-state index contributed by atoms with van der Waals surface area (Å²) in [4.78, 5) is 26.9. The van der Waals surface area contributed by atoms with Crippen LogP contribution in [-0.2, 0) is 9.59 Å². The van der Waals surface area contributed by atoms with Gasteiger partial charge in [0, 0.05) is 18.2 Å². The molecular weight excluding hydrogens is 374 g/mol. The molecule has 4 rings (SSSR count). The molecule has 0 spiro atoms. The van der Waals surface area contributed by atoms with Crippen LogP contribution in [0.25, 0.3) is 5.69 Å². The lowest BCUT2D eigenvalue weighted by atomic mass is 10.2. The summed E-state index contributed by atoms with van der Waals surface area (Å²) >= 11 is 1.33. The fourth-order valence-electron chi connectivity index (χ4n) is 3.25. The number of nitrogens with zero attached hydrogens (tertiary/aromatic N) is 4. The number of amides is 2. The number of carbonyl (C=O) groups is 2. The Morgan fingerprint density at radius 3 is 2.75 bits per heavy atom. The summed E-state index contributed by atoms with van der Waals surface area (Å²) in [5.74, 6) is 0.0223. The molecule has 2 amide bonds. The van der Waals surface area contributed by atoms with Crippen molar-refractivity contribution in [3.05, 3.63) is 60.9 Å². The Morgan fingerprint density at radius 1 is 1.18 bits per heavy atom. The van der Waals surface area contributed by atoms with Gasteiger partial charge in [-0.15, -0.1) is 10.2 Å². The standard InChI is InChI=1S/C20H19N5O2S/c1-14-11-18(26)22-16-9-5-6-10-17(16)25(14)19(27)12-28-20-23-21-13-24(20)15-7-3-2-4-8-15/h2-10,13-14H,11-12H2,1H3,(H,22,26)/t14-/m1/s1. The second kappa shape index (κ2) is 7.85. The number of fused-ring (bicyclic) bond motifs is 1. The van der Waals surface area contributed by atoms with E-state index in [9.17, 15) is 9.59 Å². The highest BCUT2D eigenvalue weighted by Gasteiger charge is 2.29. The molecule has 1 N–H and O–H groups in total. The normalized spacial score (nSPS) is 16.2. The predicted molar refractivity (Wildman–Crippen MR) is 109 cm³/mol. The van der Waals surface area contributed by atoms with E-state index in [4.69, 9.17) is 0 Å². The monoisotopic (exact) mass is 393 g/mol. The van der Waals surface area contributed by atoms with Crippen LogP contribution in [0.15, 0.2) is 66.1 Å². The van der Waals surface area contributed by atoms with Crippen LogP contribution in [0.4, 0.5) is 11.4 Å². The summed E-state index contributed by atoms with van der Waals surface area (Å²) in [6, 6.07) is 16.9. The van der Waals surface area contributed by atoms with Crippen LogP contribution < -0.4 is 10.2 Å². The second-order valence-electron chi connectivity index (χ2n) is 6.49. The minimum atomic E-state index is -0.233. The Balaban J connectivity index is 1.55. The van der Waals surface area contributed by atoms with E-state index < -0.39 is 0 Å². The average molecular weight is 393 g/mol. The minimum Gasteiger partial charge on any atom is -0.324 e. The van der Waals surface area contributed by atoms with E-state index in [1.54, 1.807) is 11.2 Å². The van der Waals surface area contributed by atoms with Crippen LogP contribution in [-0.4, -0.2) is 38.4 Å². The molecule has 0 radical (unpaired) electrons. The zero-order chi connectivity index (χ0) is 19.5. The topological polar surface area (TPSA) is 80.1 Å². The molecule has 0 fully saturated rings. The fraction of sp³-hybridized carbons (Fsp3) is 0.200. The van der Waals surface area contributed by atoms with Gasteiger partial charge >= 0.3 is 0 Å². The van der Waals surface area contributed by atoms with Crippen LogP contribution in [0.3, 0.4) is 0 Å². The molecule has 0 unspecified atom stereocenters. The highest BCUT2D eigenvalue weighted by atomic mass is 32.2. The number of aromatic nitrogens is 3. The first-order chi connectivity index (χ1) is 13.6. The van der Waals surface area contributed by atoms with Gasteiger partial charge in [0.2, 0.25) is 11.8 Å². The first-order valence-corrected chi connectivity index (χ1v) is 9.91. The van der Waals surface area contributed by atoms with Crippen molar-refractivity contribution in [1.82, 2.24) is 14.8 Å². The van der Waals surface area contributed by atoms with Crippen molar-refractivity contribution in [2.45, 2.75) is 24.5 Å². The van der Waals surface area contributed by atoms with E-state index in [1.807, 2.05) is 66.1 Å². The summed E-state index contributed by atoms with van der Waals surface area (Å²) in [7, 11) is 0. The summed E-state index contributed by atoms with van der Waals surface area (Å²) in [6.45, 7) is 1.89. The van der Waals surface area contributed by atoms with Gasteiger partial charge in [-0.2, -0.15) is 0 Å². The van der Waals surface area contributed by atoms with Gasteiger partial charge in [-0.05, 0) is 31.2 Å². The first-order valence-electron chi connectivity index (χ1n) is 8.92. The maximum absolute atomic E-state index is 13.1. The van der Waals surface area contributed by atoms with Crippen LogP contribution in [0.5, 0.6) is 0 Å². The van der Waals surface area contributed by atoms with Crippen molar-refractivity contribution >= 4 is 35.0 Å². The molecule has 2 heterocycles. The Labute approximate surface area is 166 Å². The molecule has 1 aliphatic heterocycles. The Morgan fingerprint density at radius 2 is 1.93 bits per heavy atom. The Bertz CT molecular complexity index is 1000. The van der Waals surface area contributed by atoms with Crippen molar-refractivity contribution < 1.29 is 9.59 Å². The van der Waals surface area contributed by atoms with E-state index in [0.29, 0.717) is 10.8 Å². The van der Waals surface area contributed by atoms with Gasteiger partial charge in [-0.3, -0.25) is 14.2 Å². The number of carbonyl (C=O) groups excluding carboxylic acids is 2. The zero-order valence-electron chi connectivity index (χ0n) is 15.3. The molecule has 1 aromatic heterocycles. The maximum Gasteiger partial charge on any atom is 0.237 e. The SMILES string of the molecule is C[C@@H]1CC(=O)Nc2ccccc2N1C(=O)CSc1nncn1-c1ccccc1. The first kappa shape index (κ1) is 18.2. The number of rotatable bonds is 4. The quantitative estimate of drug-likeness (QED) is 0.689. The third-order valence-corrected chi connectivity index (χ3v) is 5.43. The average Bonchev–Trinajstić information content (AvgIpc) is 3.12. The van der Waals surface area contributed by atoms with Gasteiger partial charge in [0.15, 0.2) is 5.16 Å². The van der Waals surface area contributed by atoms with Gasteiger partial charge in [-0.25, -0.2) is 0 Å². The lowest BCUT2D eigenvalue weighted by molar-refractivity contribution is -0.117. The maximum atomic E-state index is 13.1. The Kier molecular flexibility index (Phi) is 5.12. The van der Waals surface area contributed by atoms with Crippen molar-refractivity contribution in [3.63, 3.8) is 0 Å². The molecule has 7 nitrogen and oxygen atoms in total. The van der Waals surface area contributed by atoms with E-state index in [1.165, 1.54) is 11.8 Å². The molecule has 2 aromatic carbocycles. The van der Waals surface area contributed by atoms with Gasteiger partial charge < -0.3 is 10.2 Å². The molecule has 0 bridgehead atoms. The van der Waals surface area contributed by atoms with Gasteiger partial charge in [0.1, 0.15) is 6.33 Å². The fourth-order valence-corrected chi connectivity index (χ4v) is 4.04. The smallest absolute Gasteiger partial charge is 0.237 e. The molecule has 0 aliphatic carbocycles. The Hall–Kier alpha value is -3.13. The lowest BCUT2D eigenvalue weighted by Crippen LogP contribution is -2.40. The van der Waals surface area contributed by atoms with E-state index >= 15 is 0 Å². The van der Waals surface area contributed by atoms with Crippen molar-refractivity contribution in [2.24, 2.45) is 0 Å². The van der Waals surface area contributed by atoms with Crippen molar-refractivity contribution in [2.75, 3.05) is 16.0 Å². The van der Waals surface area contributed by atoms with E-state index in [-0.39, 0.29) is 30.0 Å². The van der Waals surface area contributed by atoms with Gasteiger partial charge in [-0.1, -0.05) is 42.1 Å². The van der Waals surface area contributed by atoms with Crippen LogP contribution >= 0.6 is 11.8 Å². The molecule has 0 saturated carbocycles. The molecule has 3 aromatic rings. The van der Waals surface area contributed by atoms with Crippen molar-refractivity contribution in [3.8, 4) is 5.69 Å². The summed E-state index contributed by atoms with van der Waals surface area (Å²) in [5.41, 5.74) is 2.31. The largest absolute Gasteiger partial charge is 0.324 e. The number of benzene rings is 2. The zero-order valence-corrected chi connectivity index (χ0v) is 16.1.